The Labute approximate surface area is 109 Å². The van der Waals surface area contributed by atoms with Gasteiger partial charge in [0, 0.05) is 19.2 Å². The Morgan fingerprint density at radius 1 is 1.33 bits per heavy atom. The molecule has 1 N–H and O–H groups in total. The number of hydrogen-bond donors (Lipinski definition) is 1. The van der Waals surface area contributed by atoms with Gasteiger partial charge in [-0.2, -0.15) is 0 Å². The first-order valence-corrected chi connectivity index (χ1v) is 6.84. The molecule has 1 aliphatic rings. The van der Waals surface area contributed by atoms with Crippen LogP contribution in [0.25, 0.3) is 0 Å². The molecule has 0 amide bonds. The molecule has 1 aromatic rings. The van der Waals surface area contributed by atoms with Crippen molar-refractivity contribution in [2.75, 3.05) is 13.2 Å². The molecule has 1 saturated heterocycles. The number of nitrogens with one attached hydrogen (secondary N) is 1. The minimum absolute atomic E-state index is 0.386. The van der Waals surface area contributed by atoms with Gasteiger partial charge in [-0.25, -0.2) is 0 Å². The number of rotatable bonds is 5. The second-order valence-corrected chi connectivity index (χ2v) is 4.86. The molecule has 100 valence electrons. The zero-order valence-electron chi connectivity index (χ0n) is 11.3. The first kappa shape index (κ1) is 13.4. The molecule has 0 radical (unpaired) electrons. The molecule has 2 atom stereocenters. The van der Waals surface area contributed by atoms with Crippen LogP contribution < -0.4 is 10.1 Å². The molecule has 1 heterocycles. The van der Waals surface area contributed by atoms with Crippen LogP contribution in [0.4, 0.5) is 0 Å². The van der Waals surface area contributed by atoms with Gasteiger partial charge < -0.3 is 14.8 Å². The maximum Gasteiger partial charge on any atom is 0.119 e. The van der Waals surface area contributed by atoms with E-state index < -0.39 is 0 Å². The fourth-order valence-corrected chi connectivity index (χ4v) is 2.32. The van der Waals surface area contributed by atoms with E-state index in [2.05, 4.69) is 24.4 Å². The van der Waals surface area contributed by atoms with Gasteiger partial charge in [-0.1, -0.05) is 12.1 Å². The van der Waals surface area contributed by atoms with Crippen LogP contribution >= 0.6 is 0 Å². The van der Waals surface area contributed by atoms with E-state index in [1.165, 1.54) is 5.56 Å². The summed E-state index contributed by atoms with van der Waals surface area (Å²) in [5.74, 6) is 0.945. The van der Waals surface area contributed by atoms with E-state index in [0.717, 1.165) is 38.3 Å². The lowest BCUT2D eigenvalue weighted by molar-refractivity contribution is 0.0130. The molecule has 1 aliphatic heterocycles. The summed E-state index contributed by atoms with van der Waals surface area (Å²) in [7, 11) is 0. The van der Waals surface area contributed by atoms with E-state index in [4.69, 9.17) is 9.47 Å². The highest BCUT2D eigenvalue weighted by Gasteiger charge is 2.18. The van der Waals surface area contributed by atoms with Gasteiger partial charge in [0.1, 0.15) is 5.75 Å². The lowest BCUT2D eigenvalue weighted by Crippen LogP contribution is -2.37. The molecule has 2 unspecified atom stereocenters. The van der Waals surface area contributed by atoms with Gasteiger partial charge in [-0.15, -0.1) is 0 Å². The summed E-state index contributed by atoms with van der Waals surface area (Å²) in [4.78, 5) is 0. The highest BCUT2D eigenvalue weighted by molar-refractivity contribution is 5.27. The molecule has 18 heavy (non-hydrogen) atoms. The van der Waals surface area contributed by atoms with Gasteiger partial charge in [-0.05, 0) is 44.4 Å². The smallest absolute Gasteiger partial charge is 0.119 e. The van der Waals surface area contributed by atoms with Crippen molar-refractivity contribution in [3.05, 3.63) is 29.8 Å². The summed E-state index contributed by atoms with van der Waals surface area (Å²) in [6, 6.07) is 8.90. The molecule has 3 nitrogen and oxygen atoms in total. The van der Waals surface area contributed by atoms with Gasteiger partial charge >= 0.3 is 0 Å². The van der Waals surface area contributed by atoms with E-state index >= 15 is 0 Å². The average Bonchev–Trinajstić information content (AvgIpc) is 2.38. The lowest BCUT2D eigenvalue weighted by Gasteiger charge is -2.28. The fourth-order valence-electron chi connectivity index (χ4n) is 2.32. The van der Waals surface area contributed by atoms with Crippen molar-refractivity contribution in [1.29, 1.82) is 0 Å². The van der Waals surface area contributed by atoms with Crippen LogP contribution in [0, 0.1) is 0 Å². The summed E-state index contributed by atoms with van der Waals surface area (Å²) in [5.41, 5.74) is 1.30. The average molecular weight is 249 g/mol. The molecule has 1 aromatic carbocycles. The maximum atomic E-state index is 5.55. The zero-order valence-corrected chi connectivity index (χ0v) is 11.3. The minimum Gasteiger partial charge on any atom is -0.494 e. The molecular formula is C15H23NO2. The second-order valence-electron chi connectivity index (χ2n) is 4.86. The normalized spacial score (nSPS) is 23.9. The molecule has 0 aliphatic carbocycles. The Morgan fingerprint density at radius 3 is 2.78 bits per heavy atom. The first-order chi connectivity index (χ1) is 8.78. The molecule has 2 rings (SSSR count). The number of hydrogen-bond acceptors (Lipinski definition) is 3. The van der Waals surface area contributed by atoms with Crippen LogP contribution in [-0.2, 0) is 11.3 Å². The summed E-state index contributed by atoms with van der Waals surface area (Å²) < 4.78 is 11.0. The number of ether oxygens (including phenoxy) is 2. The molecule has 0 saturated carbocycles. The van der Waals surface area contributed by atoms with Crippen molar-refractivity contribution in [1.82, 2.24) is 5.32 Å². The third kappa shape index (κ3) is 4.00. The highest BCUT2D eigenvalue weighted by Crippen LogP contribution is 2.15. The van der Waals surface area contributed by atoms with Gasteiger partial charge in [-0.3, -0.25) is 0 Å². The van der Waals surface area contributed by atoms with E-state index in [0.29, 0.717) is 12.1 Å². The predicted octanol–water partition coefficient (Wildman–Crippen LogP) is 2.74. The Bertz CT molecular complexity index is 350. The third-order valence-electron chi connectivity index (χ3n) is 3.31. The van der Waals surface area contributed by atoms with Crippen molar-refractivity contribution < 1.29 is 9.47 Å². The van der Waals surface area contributed by atoms with E-state index in [1.807, 2.05) is 19.1 Å². The van der Waals surface area contributed by atoms with Crippen molar-refractivity contribution >= 4 is 0 Å². The second kappa shape index (κ2) is 6.76. The molecule has 0 bridgehead atoms. The van der Waals surface area contributed by atoms with Crippen molar-refractivity contribution in [2.45, 2.75) is 45.4 Å². The number of benzene rings is 1. The molecule has 3 heteroatoms. The lowest BCUT2D eigenvalue weighted by atomic mass is 10.0. The van der Waals surface area contributed by atoms with E-state index in [9.17, 15) is 0 Å². The summed E-state index contributed by atoms with van der Waals surface area (Å²) in [6.45, 7) is 6.66. The van der Waals surface area contributed by atoms with Crippen molar-refractivity contribution in [3.8, 4) is 5.75 Å². The standard InChI is InChI=1S/C15H23NO2/c1-3-17-15-6-4-13(5-7-15)11-16-14-8-9-18-12(2)10-14/h4-7,12,14,16H,3,8-11H2,1-2H3. The van der Waals surface area contributed by atoms with Gasteiger partial charge in [0.15, 0.2) is 0 Å². The molecule has 0 spiro atoms. The van der Waals surface area contributed by atoms with Crippen molar-refractivity contribution in [3.63, 3.8) is 0 Å². The summed E-state index contributed by atoms with van der Waals surface area (Å²) >= 11 is 0. The van der Waals surface area contributed by atoms with Gasteiger partial charge in [0.25, 0.3) is 0 Å². The third-order valence-corrected chi connectivity index (χ3v) is 3.31. The van der Waals surface area contributed by atoms with Crippen LogP contribution in [0.3, 0.4) is 0 Å². The first-order valence-electron chi connectivity index (χ1n) is 6.84. The Morgan fingerprint density at radius 2 is 2.11 bits per heavy atom. The maximum absolute atomic E-state index is 5.55. The van der Waals surface area contributed by atoms with E-state index in [1.54, 1.807) is 0 Å². The van der Waals surface area contributed by atoms with Crippen LogP contribution in [0.2, 0.25) is 0 Å². The van der Waals surface area contributed by atoms with E-state index in [-0.39, 0.29) is 0 Å². The topological polar surface area (TPSA) is 30.5 Å². The molecule has 1 fully saturated rings. The largest absolute Gasteiger partial charge is 0.494 e. The summed E-state index contributed by atoms with van der Waals surface area (Å²) in [5, 5.41) is 3.60. The van der Waals surface area contributed by atoms with Crippen LogP contribution in [-0.4, -0.2) is 25.4 Å². The monoisotopic (exact) mass is 249 g/mol. The zero-order chi connectivity index (χ0) is 12.8. The van der Waals surface area contributed by atoms with Crippen LogP contribution in [0.1, 0.15) is 32.3 Å². The SMILES string of the molecule is CCOc1ccc(CNC2CCOC(C)C2)cc1. The quantitative estimate of drug-likeness (QED) is 0.870. The predicted molar refractivity (Wildman–Crippen MR) is 72.9 cm³/mol. The van der Waals surface area contributed by atoms with Crippen LogP contribution in [0.15, 0.2) is 24.3 Å². The van der Waals surface area contributed by atoms with Gasteiger partial charge in [0.2, 0.25) is 0 Å². The minimum atomic E-state index is 0.386. The van der Waals surface area contributed by atoms with Crippen molar-refractivity contribution in [2.24, 2.45) is 0 Å². The highest BCUT2D eigenvalue weighted by atomic mass is 16.5. The Balaban J connectivity index is 1.78. The molecular weight excluding hydrogens is 226 g/mol. The Hall–Kier alpha value is -1.06. The van der Waals surface area contributed by atoms with Crippen LogP contribution in [0.5, 0.6) is 5.75 Å². The fraction of sp³-hybridized carbons (Fsp3) is 0.600. The Kier molecular flexibility index (Phi) is 5.02. The molecule has 0 aromatic heterocycles. The van der Waals surface area contributed by atoms with Gasteiger partial charge in [0.05, 0.1) is 12.7 Å². The summed E-state index contributed by atoms with van der Waals surface area (Å²) in [6.07, 6.45) is 2.61.